The molecule has 0 radical (unpaired) electrons. The number of methoxy groups -OCH3 is 1. The van der Waals surface area contributed by atoms with Crippen molar-refractivity contribution in [3.05, 3.63) is 52.7 Å². The van der Waals surface area contributed by atoms with E-state index in [0.29, 0.717) is 5.56 Å². The van der Waals surface area contributed by atoms with Crippen molar-refractivity contribution in [2.75, 3.05) is 13.7 Å². The Morgan fingerprint density at radius 1 is 1.00 bits per heavy atom. The average molecular weight is 446 g/mol. The van der Waals surface area contributed by atoms with Crippen molar-refractivity contribution in [2.45, 2.75) is 30.7 Å². The monoisotopic (exact) mass is 446 g/mol. The molecular weight excluding hydrogens is 424 g/mol. The van der Waals surface area contributed by atoms with E-state index in [-0.39, 0.29) is 39.4 Å². The number of phenolic OH excluding ortho intramolecular Hbond substituents is 1. The molecule has 1 aromatic heterocycles. The van der Waals surface area contributed by atoms with Gasteiger partial charge in [0.05, 0.1) is 19.1 Å². The Morgan fingerprint density at radius 3 is 2.50 bits per heavy atom. The number of aromatic hydroxyl groups is 1. The summed E-state index contributed by atoms with van der Waals surface area (Å²) in [6.45, 7) is -0.586. The third-order valence-corrected chi connectivity index (χ3v) is 5.27. The van der Waals surface area contributed by atoms with Gasteiger partial charge in [-0.1, -0.05) is 0 Å². The van der Waals surface area contributed by atoms with Gasteiger partial charge in [-0.15, -0.1) is 0 Å². The number of phenols is 1. The molecule has 10 nitrogen and oxygen atoms in total. The van der Waals surface area contributed by atoms with E-state index in [0.717, 1.165) is 0 Å². The van der Waals surface area contributed by atoms with Crippen LogP contribution in [-0.4, -0.2) is 70.0 Å². The second-order valence-electron chi connectivity index (χ2n) is 7.33. The van der Waals surface area contributed by atoms with E-state index in [1.165, 1.54) is 43.5 Å². The van der Waals surface area contributed by atoms with Crippen LogP contribution in [0.2, 0.25) is 0 Å². The molecule has 5 N–H and O–H groups in total. The highest BCUT2D eigenvalue weighted by Gasteiger charge is 2.44. The fourth-order valence-corrected chi connectivity index (χ4v) is 3.48. The van der Waals surface area contributed by atoms with Crippen molar-refractivity contribution in [1.29, 1.82) is 0 Å². The molecule has 4 rings (SSSR count). The number of aliphatic hydroxyl groups excluding tert-OH is 4. The second kappa shape index (κ2) is 8.77. The van der Waals surface area contributed by atoms with Crippen molar-refractivity contribution in [1.82, 2.24) is 0 Å². The van der Waals surface area contributed by atoms with Crippen LogP contribution < -0.4 is 14.9 Å². The summed E-state index contributed by atoms with van der Waals surface area (Å²) in [4.78, 5) is 12.6. The number of benzene rings is 2. The van der Waals surface area contributed by atoms with Gasteiger partial charge in [-0.25, -0.2) is 0 Å². The molecule has 10 heteroatoms. The third-order valence-electron chi connectivity index (χ3n) is 5.27. The standard InChI is InChI=1S/C22H22O10/c1-29-17-6-10(2-5-13(17)24)15-8-14(25)12-4-3-11(7-16(12)31-15)30-22-21(28)20(27)19(26)18(9-23)32-22/h2-8,18-24,26-28H,9H2,1H3/t18?,19-,20+,21?,22-/m1/s1. The van der Waals surface area contributed by atoms with Crippen LogP contribution in [0.4, 0.5) is 0 Å². The zero-order valence-electron chi connectivity index (χ0n) is 16.9. The lowest BCUT2D eigenvalue weighted by atomic mass is 9.99. The average Bonchev–Trinajstić information content (AvgIpc) is 2.79. The molecule has 1 aliphatic heterocycles. The van der Waals surface area contributed by atoms with E-state index >= 15 is 0 Å². The van der Waals surface area contributed by atoms with Crippen LogP contribution in [0.3, 0.4) is 0 Å². The Bertz CT molecular complexity index is 1170. The van der Waals surface area contributed by atoms with Crippen molar-refractivity contribution in [3.8, 4) is 28.6 Å². The molecule has 0 saturated carbocycles. The Kier molecular flexibility index (Phi) is 6.04. The van der Waals surface area contributed by atoms with Gasteiger partial charge in [0.1, 0.15) is 41.5 Å². The molecule has 5 atom stereocenters. The lowest BCUT2D eigenvalue weighted by Crippen LogP contribution is -2.60. The Balaban J connectivity index is 1.67. The number of fused-ring (bicyclic) bond motifs is 1. The highest BCUT2D eigenvalue weighted by Crippen LogP contribution is 2.33. The van der Waals surface area contributed by atoms with Crippen LogP contribution in [0.5, 0.6) is 17.2 Å². The molecule has 1 saturated heterocycles. The van der Waals surface area contributed by atoms with E-state index in [2.05, 4.69) is 0 Å². The summed E-state index contributed by atoms with van der Waals surface area (Å²) in [5.74, 6) is 0.538. The summed E-state index contributed by atoms with van der Waals surface area (Å²) < 4.78 is 21.9. The van der Waals surface area contributed by atoms with Gasteiger partial charge >= 0.3 is 0 Å². The lowest BCUT2D eigenvalue weighted by molar-refractivity contribution is -0.277. The normalized spacial score (nSPS) is 25.6. The van der Waals surface area contributed by atoms with Gasteiger partial charge in [-0.2, -0.15) is 0 Å². The predicted octanol–water partition coefficient (Wildman–Crippen LogP) is 0.353. The van der Waals surface area contributed by atoms with Crippen LogP contribution in [-0.2, 0) is 4.74 Å². The van der Waals surface area contributed by atoms with Crippen LogP contribution >= 0.6 is 0 Å². The number of rotatable bonds is 5. The maximum Gasteiger partial charge on any atom is 0.229 e. The van der Waals surface area contributed by atoms with E-state index in [9.17, 15) is 30.3 Å². The topological polar surface area (TPSA) is 159 Å². The van der Waals surface area contributed by atoms with E-state index < -0.39 is 37.3 Å². The van der Waals surface area contributed by atoms with Crippen molar-refractivity contribution < 1.29 is 44.2 Å². The molecule has 1 fully saturated rings. The summed E-state index contributed by atoms with van der Waals surface area (Å²) >= 11 is 0. The molecule has 0 amide bonds. The number of aliphatic hydroxyl groups is 4. The minimum atomic E-state index is -1.58. The SMILES string of the molecule is COc1cc(-c2cc(=O)c3ccc(O[C@@H]4OC(CO)[C@@H](O)[C@H](O)C4O)cc3o2)ccc1O. The fourth-order valence-electron chi connectivity index (χ4n) is 3.48. The van der Waals surface area contributed by atoms with Gasteiger partial charge < -0.3 is 44.2 Å². The minimum absolute atomic E-state index is 0.0606. The maximum atomic E-state index is 12.6. The van der Waals surface area contributed by atoms with Crippen molar-refractivity contribution in [2.24, 2.45) is 0 Å². The molecule has 0 bridgehead atoms. The molecule has 0 spiro atoms. The second-order valence-corrected chi connectivity index (χ2v) is 7.33. The summed E-state index contributed by atoms with van der Waals surface area (Å²) in [7, 11) is 1.40. The van der Waals surface area contributed by atoms with Crippen molar-refractivity contribution in [3.63, 3.8) is 0 Å². The third kappa shape index (κ3) is 4.01. The minimum Gasteiger partial charge on any atom is -0.504 e. The van der Waals surface area contributed by atoms with Gasteiger partial charge in [0, 0.05) is 17.7 Å². The molecular formula is C22H22O10. The zero-order valence-corrected chi connectivity index (χ0v) is 16.9. The summed E-state index contributed by atoms with van der Waals surface area (Å²) in [6.07, 6.45) is -7.16. The number of hydrogen-bond acceptors (Lipinski definition) is 10. The van der Waals surface area contributed by atoms with Crippen LogP contribution in [0.15, 0.2) is 51.7 Å². The largest absolute Gasteiger partial charge is 0.504 e. The van der Waals surface area contributed by atoms with Crippen molar-refractivity contribution >= 4 is 11.0 Å². The Hall–Kier alpha value is -3.15. The lowest BCUT2D eigenvalue weighted by Gasteiger charge is -2.39. The highest BCUT2D eigenvalue weighted by atomic mass is 16.7. The molecule has 2 heterocycles. The van der Waals surface area contributed by atoms with Crippen LogP contribution in [0.25, 0.3) is 22.3 Å². The summed E-state index contributed by atoms with van der Waals surface area (Å²) in [5, 5.41) is 49.3. The van der Waals surface area contributed by atoms with E-state index in [1.807, 2.05) is 0 Å². The first-order chi connectivity index (χ1) is 15.3. The predicted molar refractivity (Wildman–Crippen MR) is 111 cm³/mol. The molecule has 170 valence electrons. The van der Waals surface area contributed by atoms with Gasteiger partial charge in [-0.05, 0) is 30.3 Å². The van der Waals surface area contributed by atoms with E-state index in [1.54, 1.807) is 6.07 Å². The van der Waals surface area contributed by atoms with Gasteiger partial charge in [0.25, 0.3) is 0 Å². The van der Waals surface area contributed by atoms with Crippen LogP contribution in [0.1, 0.15) is 0 Å². The smallest absolute Gasteiger partial charge is 0.229 e. The first kappa shape index (κ1) is 22.1. The fraction of sp³-hybridized carbons (Fsp3) is 0.318. The Labute approximate surface area is 181 Å². The quantitative estimate of drug-likeness (QED) is 0.370. The molecule has 1 aliphatic rings. The molecule has 2 aromatic carbocycles. The number of hydrogen-bond donors (Lipinski definition) is 5. The van der Waals surface area contributed by atoms with Gasteiger partial charge in [-0.3, -0.25) is 4.79 Å². The molecule has 0 aliphatic carbocycles. The first-order valence-electron chi connectivity index (χ1n) is 9.75. The molecule has 2 unspecified atom stereocenters. The number of ether oxygens (including phenoxy) is 3. The highest BCUT2D eigenvalue weighted by molar-refractivity contribution is 5.80. The van der Waals surface area contributed by atoms with Gasteiger partial charge in [0.2, 0.25) is 6.29 Å². The molecule has 3 aromatic rings. The Morgan fingerprint density at radius 2 is 1.78 bits per heavy atom. The maximum absolute atomic E-state index is 12.6. The summed E-state index contributed by atoms with van der Waals surface area (Å²) in [5.41, 5.74) is 0.369. The first-order valence-corrected chi connectivity index (χ1v) is 9.75. The molecule has 32 heavy (non-hydrogen) atoms. The van der Waals surface area contributed by atoms with Gasteiger partial charge in [0.15, 0.2) is 16.9 Å². The van der Waals surface area contributed by atoms with Crippen LogP contribution in [0, 0.1) is 0 Å². The zero-order chi connectivity index (χ0) is 23.0. The van der Waals surface area contributed by atoms with E-state index in [4.69, 9.17) is 18.6 Å². The summed E-state index contributed by atoms with van der Waals surface area (Å²) in [6, 6.07) is 10.2.